The number of methoxy groups -OCH3 is 1. The molecule has 2 heterocycles. The number of aromatic nitrogens is 3. The van der Waals surface area contributed by atoms with Gasteiger partial charge >= 0.3 is 0 Å². The van der Waals surface area contributed by atoms with E-state index in [1.807, 2.05) is 6.20 Å². The maximum absolute atomic E-state index is 5.81. The molecule has 1 aliphatic carbocycles. The summed E-state index contributed by atoms with van der Waals surface area (Å²) in [5.74, 6) is 7.19. The summed E-state index contributed by atoms with van der Waals surface area (Å²) in [7, 11) is 1.70. The number of hydrogen-bond donors (Lipinski definition) is 0. The standard InChI is InChI=1S/C23H29N3O3/c1-16-5-6-18(10-9-17-7-8-17)11-19(16)22(27-4)20-12-26(25-24-20)13-21-28-14-23(2,3)15-29-21/h5-6,11-12,17,21-22H,7-8,13-15H2,1-4H3. The van der Waals surface area contributed by atoms with Crippen molar-refractivity contribution in [3.63, 3.8) is 0 Å². The van der Waals surface area contributed by atoms with Gasteiger partial charge in [-0.05, 0) is 43.0 Å². The molecule has 1 aromatic carbocycles. The molecule has 0 bridgehead atoms. The molecule has 0 N–H and O–H groups in total. The van der Waals surface area contributed by atoms with Crippen molar-refractivity contribution >= 4 is 0 Å². The lowest BCUT2D eigenvalue weighted by Crippen LogP contribution is -2.39. The molecule has 0 spiro atoms. The molecule has 2 fully saturated rings. The van der Waals surface area contributed by atoms with Gasteiger partial charge < -0.3 is 14.2 Å². The molecule has 1 unspecified atom stereocenters. The van der Waals surface area contributed by atoms with Crippen molar-refractivity contribution in [1.82, 2.24) is 15.0 Å². The molecule has 1 atom stereocenters. The van der Waals surface area contributed by atoms with Gasteiger partial charge in [-0.25, -0.2) is 4.68 Å². The predicted molar refractivity (Wildman–Crippen MR) is 109 cm³/mol. The maximum atomic E-state index is 5.81. The van der Waals surface area contributed by atoms with Crippen LogP contribution in [-0.2, 0) is 20.8 Å². The summed E-state index contributed by atoms with van der Waals surface area (Å²) < 4.78 is 19.2. The molecular weight excluding hydrogens is 366 g/mol. The lowest BCUT2D eigenvalue weighted by molar-refractivity contribution is -0.227. The second-order valence-corrected chi connectivity index (χ2v) is 8.81. The van der Waals surface area contributed by atoms with Crippen molar-refractivity contribution in [2.45, 2.75) is 52.6 Å². The van der Waals surface area contributed by atoms with Crippen LogP contribution in [0.2, 0.25) is 0 Å². The highest BCUT2D eigenvalue weighted by Crippen LogP contribution is 2.29. The third-order valence-corrected chi connectivity index (χ3v) is 5.28. The van der Waals surface area contributed by atoms with Crippen LogP contribution in [-0.4, -0.2) is 41.6 Å². The van der Waals surface area contributed by atoms with Crippen LogP contribution in [0.4, 0.5) is 0 Å². The van der Waals surface area contributed by atoms with E-state index in [2.05, 4.69) is 61.1 Å². The first-order valence-electron chi connectivity index (χ1n) is 10.2. The normalized spacial score (nSPS) is 20.1. The lowest BCUT2D eigenvalue weighted by atomic mass is 9.96. The van der Waals surface area contributed by atoms with Crippen LogP contribution in [0.3, 0.4) is 0 Å². The van der Waals surface area contributed by atoms with Crippen LogP contribution in [0.25, 0.3) is 0 Å². The predicted octanol–water partition coefficient (Wildman–Crippen LogP) is 3.48. The number of rotatable bonds is 5. The summed E-state index contributed by atoms with van der Waals surface area (Å²) in [6, 6.07) is 6.26. The van der Waals surface area contributed by atoms with Gasteiger partial charge in [-0.1, -0.05) is 37.0 Å². The van der Waals surface area contributed by atoms with Gasteiger partial charge in [0, 0.05) is 24.0 Å². The van der Waals surface area contributed by atoms with E-state index in [0.29, 0.717) is 25.7 Å². The van der Waals surface area contributed by atoms with E-state index in [1.54, 1.807) is 11.8 Å². The topological polar surface area (TPSA) is 58.4 Å². The first kappa shape index (κ1) is 20.1. The first-order chi connectivity index (χ1) is 13.9. The van der Waals surface area contributed by atoms with Gasteiger partial charge in [-0.15, -0.1) is 5.10 Å². The monoisotopic (exact) mass is 395 g/mol. The van der Waals surface area contributed by atoms with Gasteiger partial charge in [-0.2, -0.15) is 0 Å². The average molecular weight is 396 g/mol. The van der Waals surface area contributed by atoms with E-state index < -0.39 is 0 Å². The summed E-state index contributed by atoms with van der Waals surface area (Å²) in [4.78, 5) is 0. The zero-order valence-corrected chi connectivity index (χ0v) is 17.6. The van der Waals surface area contributed by atoms with Crippen LogP contribution in [0.15, 0.2) is 24.4 Å². The molecule has 1 saturated carbocycles. The summed E-state index contributed by atoms with van der Waals surface area (Å²) in [6.45, 7) is 8.19. The van der Waals surface area contributed by atoms with Crippen LogP contribution in [0.1, 0.15) is 55.2 Å². The van der Waals surface area contributed by atoms with E-state index in [4.69, 9.17) is 14.2 Å². The minimum absolute atomic E-state index is 0.0517. The van der Waals surface area contributed by atoms with Gasteiger partial charge in [-0.3, -0.25) is 0 Å². The minimum Gasteiger partial charge on any atom is -0.370 e. The van der Waals surface area contributed by atoms with Crippen LogP contribution >= 0.6 is 0 Å². The van der Waals surface area contributed by atoms with E-state index in [9.17, 15) is 0 Å². The highest BCUT2D eigenvalue weighted by atomic mass is 16.7. The van der Waals surface area contributed by atoms with Crippen LogP contribution in [0, 0.1) is 30.1 Å². The van der Waals surface area contributed by atoms with Gasteiger partial charge in [0.05, 0.1) is 26.0 Å². The van der Waals surface area contributed by atoms with Crippen molar-refractivity contribution in [3.8, 4) is 11.8 Å². The quantitative estimate of drug-likeness (QED) is 0.726. The number of nitrogens with zero attached hydrogens (tertiary/aromatic N) is 3. The zero-order valence-electron chi connectivity index (χ0n) is 17.6. The Morgan fingerprint density at radius 3 is 2.72 bits per heavy atom. The average Bonchev–Trinajstić information content (AvgIpc) is 3.42. The largest absolute Gasteiger partial charge is 0.370 e. The summed E-state index contributed by atoms with van der Waals surface area (Å²) in [6.07, 6.45) is 3.76. The Balaban J connectivity index is 1.49. The lowest BCUT2D eigenvalue weighted by Gasteiger charge is -2.34. The molecule has 2 aliphatic rings. The molecule has 1 aromatic heterocycles. The van der Waals surface area contributed by atoms with Gasteiger partial charge in [0.25, 0.3) is 0 Å². The van der Waals surface area contributed by atoms with Crippen molar-refractivity contribution in [2.24, 2.45) is 11.3 Å². The number of aryl methyl sites for hydroxylation is 1. The van der Waals surface area contributed by atoms with E-state index in [1.165, 1.54) is 12.8 Å². The van der Waals surface area contributed by atoms with Crippen LogP contribution < -0.4 is 0 Å². The Hall–Kier alpha value is -2.20. The molecule has 0 radical (unpaired) electrons. The number of ether oxygens (including phenoxy) is 3. The van der Waals surface area contributed by atoms with Gasteiger partial charge in [0.15, 0.2) is 6.29 Å². The Labute approximate surface area is 172 Å². The van der Waals surface area contributed by atoms with Crippen molar-refractivity contribution in [3.05, 3.63) is 46.8 Å². The summed E-state index contributed by atoms with van der Waals surface area (Å²) >= 11 is 0. The zero-order chi connectivity index (χ0) is 20.4. The highest BCUT2D eigenvalue weighted by molar-refractivity contribution is 5.43. The Morgan fingerprint density at radius 2 is 2.03 bits per heavy atom. The SMILES string of the molecule is COC(c1cn(CC2OCC(C)(C)CO2)nn1)c1cc(C#CC2CC2)ccc1C. The molecule has 6 heteroatoms. The van der Waals surface area contributed by atoms with E-state index in [0.717, 1.165) is 22.4 Å². The highest BCUT2D eigenvalue weighted by Gasteiger charge is 2.29. The fourth-order valence-electron chi connectivity index (χ4n) is 3.33. The smallest absolute Gasteiger partial charge is 0.177 e. The second kappa shape index (κ2) is 8.27. The maximum Gasteiger partial charge on any atom is 0.177 e. The Kier molecular flexibility index (Phi) is 5.73. The van der Waals surface area contributed by atoms with Crippen molar-refractivity contribution in [2.75, 3.05) is 20.3 Å². The molecule has 6 nitrogen and oxygen atoms in total. The van der Waals surface area contributed by atoms with Gasteiger partial charge in [0.1, 0.15) is 11.8 Å². The fourth-order valence-corrected chi connectivity index (χ4v) is 3.33. The van der Waals surface area contributed by atoms with Crippen molar-refractivity contribution < 1.29 is 14.2 Å². The van der Waals surface area contributed by atoms with Gasteiger partial charge in [0.2, 0.25) is 0 Å². The Bertz CT molecular complexity index is 911. The molecule has 154 valence electrons. The second-order valence-electron chi connectivity index (χ2n) is 8.81. The fraction of sp³-hybridized carbons (Fsp3) is 0.565. The van der Waals surface area contributed by atoms with Crippen LogP contribution in [0.5, 0.6) is 0 Å². The first-order valence-corrected chi connectivity index (χ1v) is 10.2. The molecule has 4 rings (SSSR count). The Morgan fingerprint density at radius 1 is 1.28 bits per heavy atom. The van der Waals surface area contributed by atoms with Crippen molar-refractivity contribution in [1.29, 1.82) is 0 Å². The molecule has 1 aliphatic heterocycles. The third kappa shape index (κ3) is 5.05. The number of hydrogen-bond acceptors (Lipinski definition) is 5. The van der Waals surface area contributed by atoms with E-state index in [-0.39, 0.29) is 17.8 Å². The third-order valence-electron chi connectivity index (χ3n) is 5.28. The van der Waals surface area contributed by atoms with E-state index >= 15 is 0 Å². The molecule has 2 aromatic rings. The molecule has 0 amide bonds. The summed E-state index contributed by atoms with van der Waals surface area (Å²) in [5, 5.41) is 8.61. The summed E-state index contributed by atoms with van der Waals surface area (Å²) in [5.41, 5.74) is 4.03. The number of benzene rings is 1. The molecular formula is C23H29N3O3. The molecule has 1 saturated heterocycles. The molecule has 29 heavy (non-hydrogen) atoms. The minimum atomic E-state index is -0.304.